The van der Waals surface area contributed by atoms with Crippen molar-refractivity contribution in [1.29, 1.82) is 5.41 Å². The van der Waals surface area contributed by atoms with Gasteiger partial charge in [-0.05, 0) is 30.9 Å². The topological polar surface area (TPSA) is 132 Å². The van der Waals surface area contributed by atoms with Gasteiger partial charge < -0.3 is 15.7 Å². The van der Waals surface area contributed by atoms with Crippen LogP contribution in [0.4, 0.5) is 14.5 Å². The van der Waals surface area contributed by atoms with E-state index in [9.17, 15) is 18.4 Å². The van der Waals surface area contributed by atoms with E-state index < -0.39 is 17.7 Å². The zero-order valence-corrected chi connectivity index (χ0v) is 17.4. The van der Waals surface area contributed by atoms with Crippen molar-refractivity contribution < 1.29 is 8.78 Å². The predicted octanol–water partition coefficient (Wildman–Crippen LogP) is 3.01. The number of imidazole rings is 1. The Morgan fingerprint density at radius 3 is 2.76 bits per heavy atom. The van der Waals surface area contributed by atoms with Gasteiger partial charge in [-0.2, -0.15) is 5.10 Å². The Morgan fingerprint density at radius 2 is 2.06 bits per heavy atom. The Hall–Kier alpha value is -4.15. The maximum atomic E-state index is 11.9. The average Bonchev–Trinajstić information content (AvgIpc) is 3.54. The van der Waals surface area contributed by atoms with Crippen LogP contribution in [-0.2, 0) is 0 Å². The zero-order valence-electron chi connectivity index (χ0n) is 17.4. The molecule has 4 N–H and O–H groups in total. The highest BCUT2D eigenvalue weighted by Gasteiger charge is 2.27. The molecule has 0 atom stereocenters. The number of hydrogen-bond donors (Lipinski definition) is 4. The normalized spacial score (nSPS) is 12.9. The van der Waals surface area contributed by atoms with Gasteiger partial charge in [0.05, 0.1) is 17.8 Å². The smallest absolute Gasteiger partial charge is 0.325 e. The third-order valence-corrected chi connectivity index (χ3v) is 5.06. The van der Waals surface area contributed by atoms with Crippen LogP contribution in [0.15, 0.2) is 58.5 Å². The Bertz CT molecular complexity index is 1390. The van der Waals surface area contributed by atoms with Crippen molar-refractivity contribution in [3.8, 4) is 11.3 Å². The van der Waals surface area contributed by atoms with E-state index in [0.717, 1.165) is 30.3 Å². The van der Waals surface area contributed by atoms with E-state index >= 15 is 0 Å². The summed E-state index contributed by atoms with van der Waals surface area (Å²) in [5, 5.41) is 14.0. The third-order valence-electron chi connectivity index (χ3n) is 5.06. The van der Waals surface area contributed by atoms with Crippen LogP contribution in [0, 0.1) is 5.41 Å². The van der Waals surface area contributed by atoms with Gasteiger partial charge in [0.2, 0.25) is 0 Å². The molecule has 3 aromatic heterocycles. The summed E-state index contributed by atoms with van der Waals surface area (Å²) < 4.78 is 25.3. The summed E-state index contributed by atoms with van der Waals surface area (Å²) in [4.78, 5) is 31.9. The van der Waals surface area contributed by atoms with Gasteiger partial charge in [0, 0.05) is 41.6 Å². The molecule has 0 saturated heterocycles. The molecule has 1 aliphatic rings. The number of H-pyrrole nitrogens is 2. The predicted molar refractivity (Wildman–Crippen MR) is 120 cm³/mol. The highest BCUT2D eigenvalue weighted by Crippen LogP contribution is 2.42. The molecule has 1 saturated carbocycles. The third kappa shape index (κ3) is 5.20. The van der Waals surface area contributed by atoms with Gasteiger partial charge in [0.1, 0.15) is 0 Å². The average molecular weight is 453 g/mol. The Morgan fingerprint density at radius 1 is 1.27 bits per heavy atom. The van der Waals surface area contributed by atoms with Gasteiger partial charge in [0.15, 0.2) is 5.65 Å². The summed E-state index contributed by atoms with van der Waals surface area (Å²) >= 11 is 0. The molecule has 33 heavy (non-hydrogen) atoms. The molecular formula is C22H21F2N7O2. The molecule has 4 aromatic rings. The highest BCUT2D eigenvalue weighted by atomic mass is 19.3. The Kier molecular flexibility index (Phi) is 6.38. The molecule has 9 nitrogen and oxygen atoms in total. The molecule has 0 amide bonds. The van der Waals surface area contributed by atoms with Crippen molar-refractivity contribution in [3.05, 3.63) is 80.9 Å². The first-order valence-corrected chi connectivity index (χ1v) is 10.2. The summed E-state index contributed by atoms with van der Waals surface area (Å²) in [5.74, 6) is 0.489. The van der Waals surface area contributed by atoms with E-state index in [4.69, 9.17) is 5.41 Å². The number of alkyl halides is 2. The minimum absolute atomic E-state index is 0.349. The molecule has 1 fully saturated rings. The van der Waals surface area contributed by atoms with Crippen molar-refractivity contribution in [2.24, 2.45) is 0 Å². The van der Waals surface area contributed by atoms with Crippen LogP contribution in [0.25, 0.3) is 16.9 Å². The summed E-state index contributed by atoms with van der Waals surface area (Å²) in [5.41, 5.74) is 3.04. The van der Waals surface area contributed by atoms with E-state index in [-0.39, 0.29) is 6.54 Å². The summed E-state index contributed by atoms with van der Waals surface area (Å²) in [7, 11) is 0. The van der Waals surface area contributed by atoms with Crippen LogP contribution in [0.3, 0.4) is 0 Å². The fraction of sp³-hybridized carbons (Fsp3) is 0.227. The zero-order chi connectivity index (χ0) is 23.4. The molecule has 0 unspecified atom stereocenters. The second-order valence-electron chi connectivity index (χ2n) is 7.44. The Labute approximate surface area is 186 Å². The van der Waals surface area contributed by atoms with Crippen LogP contribution in [0.5, 0.6) is 0 Å². The van der Waals surface area contributed by atoms with E-state index in [1.54, 1.807) is 41.2 Å². The SMILES string of the molecule is N=Cc1ccccc1NCC(F)F.O=c1[nH]cc(-c2cc(C3CC3)c3nccn3n2)c(=O)[nH]1. The lowest BCUT2D eigenvalue weighted by molar-refractivity contribution is 0.163. The lowest BCUT2D eigenvalue weighted by atomic mass is 10.1. The molecule has 0 spiro atoms. The Balaban J connectivity index is 0.000000174. The van der Waals surface area contributed by atoms with Gasteiger partial charge in [-0.1, -0.05) is 18.2 Å². The number of rotatable bonds is 6. The van der Waals surface area contributed by atoms with Crippen LogP contribution < -0.4 is 16.6 Å². The summed E-state index contributed by atoms with van der Waals surface area (Å²) in [6, 6.07) is 8.75. The molecule has 11 heteroatoms. The molecular weight excluding hydrogens is 432 g/mol. The number of fused-ring (bicyclic) bond motifs is 1. The van der Waals surface area contributed by atoms with Gasteiger partial charge >= 0.3 is 5.69 Å². The van der Waals surface area contributed by atoms with Crippen LogP contribution in [-0.4, -0.2) is 43.8 Å². The van der Waals surface area contributed by atoms with E-state index in [1.807, 2.05) is 6.07 Å². The number of nitrogens with zero attached hydrogens (tertiary/aromatic N) is 3. The number of halogens is 2. The van der Waals surface area contributed by atoms with Crippen molar-refractivity contribution in [1.82, 2.24) is 24.6 Å². The van der Waals surface area contributed by atoms with E-state index in [0.29, 0.717) is 28.4 Å². The lowest BCUT2D eigenvalue weighted by Crippen LogP contribution is -2.23. The first-order chi connectivity index (χ1) is 16.0. The number of hydrogen-bond acceptors (Lipinski definition) is 6. The first-order valence-electron chi connectivity index (χ1n) is 10.2. The molecule has 0 aliphatic heterocycles. The number of nitrogens with one attached hydrogen (secondary N) is 4. The highest BCUT2D eigenvalue weighted by molar-refractivity contribution is 5.85. The van der Waals surface area contributed by atoms with Gasteiger partial charge in [-0.3, -0.25) is 9.78 Å². The number of aromatic amines is 2. The number of aromatic nitrogens is 5. The largest absolute Gasteiger partial charge is 0.379 e. The number of para-hydroxylation sites is 1. The van der Waals surface area contributed by atoms with Crippen LogP contribution >= 0.6 is 0 Å². The quantitative estimate of drug-likeness (QED) is 0.333. The van der Waals surface area contributed by atoms with Crippen molar-refractivity contribution in [2.75, 3.05) is 11.9 Å². The molecule has 1 aliphatic carbocycles. The number of benzene rings is 1. The molecule has 1 aromatic carbocycles. The van der Waals surface area contributed by atoms with E-state index in [1.165, 1.54) is 6.20 Å². The fourth-order valence-corrected chi connectivity index (χ4v) is 3.34. The van der Waals surface area contributed by atoms with Crippen molar-refractivity contribution in [2.45, 2.75) is 25.2 Å². The van der Waals surface area contributed by atoms with Crippen LogP contribution in [0.1, 0.15) is 29.9 Å². The lowest BCUT2D eigenvalue weighted by Gasteiger charge is -2.07. The minimum atomic E-state index is -2.38. The minimum Gasteiger partial charge on any atom is -0.379 e. The maximum Gasteiger partial charge on any atom is 0.325 e. The van der Waals surface area contributed by atoms with Gasteiger partial charge in [-0.25, -0.2) is 23.1 Å². The molecule has 5 rings (SSSR count). The maximum absolute atomic E-state index is 11.9. The first kappa shape index (κ1) is 22.1. The monoisotopic (exact) mass is 453 g/mol. The molecule has 170 valence electrons. The molecule has 3 heterocycles. The van der Waals surface area contributed by atoms with Gasteiger partial charge in [0.25, 0.3) is 12.0 Å². The summed E-state index contributed by atoms with van der Waals surface area (Å²) in [6.07, 6.45) is 5.86. The molecule has 0 bridgehead atoms. The van der Waals surface area contributed by atoms with E-state index in [2.05, 4.69) is 25.4 Å². The number of anilines is 1. The standard InChI is InChI=1S/C13H11N5O2.C9H10F2N2/c19-12-9(6-15-13(20)16-12)10-5-8(7-1-2-7)11-14-3-4-18(11)17-10;10-9(11)6-13-8-4-2-1-3-7(8)5-12/h3-7H,1-2H2,(H2,15,16,19,20);1-5,9,12-13H,6H2. The summed E-state index contributed by atoms with van der Waals surface area (Å²) in [6.45, 7) is -0.384. The van der Waals surface area contributed by atoms with Crippen LogP contribution in [0.2, 0.25) is 0 Å². The molecule has 0 radical (unpaired) electrons. The second-order valence-corrected chi connectivity index (χ2v) is 7.44. The van der Waals surface area contributed by atoms with Gasteiger partial charge in [-0.15, -0.1) is 0 Å². The van der Waals surface area contributed by atoms with Crippen molar-refractivity contribution >= 4 is 17.5 Å². The second kappa shape index (κ2) is 9.55. The fourth-order valence-electron chi connectivity index (χ4n) is 3.34. The van der Waals surface area contributed by atoms with Crippen molar-refractivity contribution in [3.63, 3.8) is 0 Å².